The molecule has 1 fully saturated rings. The van der Waals surface area contributed by atoms with E-state index in [1.165, 1.54) is 19.3 Å². The molecular weight excluding hydrogens is 286 g/mol. The standard InChI is InChI=1S/C17H20ClNO2/c1-17(8-4-9-17)12-19-16(21)14-7-6-13(15(18)11-14)5-2-3-10-20/h6-7,11,20H,3-4,8-10,12H2,1H3,(H,19,21). The van der Waals surface area contributed by atoms with Crippen LogP contribution in [0.1, 0.15) is 48.5 Å². The normalized spacial score (nSPS) is 15.6. The molecular formula is C17H20ClNO2. The molecule has 0 heterocycles. The van der Waals surface area contributed by atoms with Crippen LogP contribution in [0.2, 0.25) is 5.02 Å². The molecule has 2 rings (SSSR count). The average molecular weight is 306 g/mol. The van der Waals surface area contributed by atoms with Crippen LogP contribution in [0.15, 0.2) is 18.2 Å². The zero-order valence-corrected chi connectivity index (χ0v) is 13.0. The first kappa shape index (κ1) is 15.9. The minimum atomic E-state index is -0.0973. The molecule has 1 amide bonds. The van der Waals surface area contributed by atoms with Gasteiger partial charge >= 0.3 is 0 Å². The van der Waals surface area contributed by atoms with Crippen molar-refractivity contribution < 1.29 is 9.90 Å². The van der Waals surface area contributed by atoms with E-state index in [1.807, 2.05) is 0 Å². The lowest BCUT2D eigenvalue weighted by atomic mass is 9.70. The van der Waals surface area contributed by atoms with Crippen LogP contribution in [0, 0.1) is 17.3 Å². The molecule has 3 nitrogen and oxygen atoms in total. The quantitative estimate of drug-likeness (QED) is 0.840. The van der Waals surface area contributed by atoms with Gasteiger partial charge < -0.3 is 10.4 Å². The fourth-order valence-corrected chi connectivity index (χ4v) is 2.55. The van der Waals surface area contributed by atoms with Crippen molar-refractivity contribution in [2.24, 2.45) is 5.41 Å². The van der Waals surface area contributed by atoms with Crippen molar-refractivity contribution in [2.75, 3.05) is 13.2 Å². The van der Waals surface area contributed by atoms with E-state index in [0.29, 0.717) is 29.1 Å². The Morgan fingerprint density at radius 2 is 2.24 bits per heavy atom. The Kier molecular flexibility index (Phi) is 5.27. The van der Waals surface area contributed by atoms with Crippen LogP contribution >= 0.6 is 11.6 Å². The number of halogens is 1. The molecule has 0 bridgehead atoms. The molecule has 2 N–H and O–H groups in total. The number of amides is 1. The zero-order valence-electron chi connectivity index (χ0n) is 12.2. The van der Waals surface area contributed by atoms with Crippen LogP contribution < -0.4 is 5.32 Å². The van der Waals surface area contributed by atoms with Crippen LogP contribution in [-0.2, 0) is 0 Å². The molecule has 0 atom stereocenters. The van der Waals surface area contributed by atoms with Crippen molar-refractivity contribution in [1.29, 1.82) is 0 Å². The Morgan fingerprint density at radius 3 is 2.81 bits per heavy atom. The van der Waals surface area contributed by atoms with Crippen molar-refractivity contribution >= 4 is 17.5 Å². The largest absolute Gasteiger partial charge is 0.395 e. The summed E-state index contributed by atoms with van der Waals surface area (Å²) in [6, 6.07) is 5.11. The summed E-state index contributed by atoms with van der Waals surface area (Å²) in [5.74, 6) is 5.60. The maximum atomic E-state index is 12.1. The maximum Gasteiger partial charge on any atom is 0.251 e. The van der Waals surface area contributed by atoms with Gasteiger partial charge in [0.15, 0.2) is 0 Å². The van der Waals surface area contributed by atoms with Crippen molar-refractivity contribution in [1.82, 2.24) is 5.32 Å². The summed E-state index contributed by atoms with van der Waals surface area (Å²) >= 11 is 6.14. The van der Waals surface area contributed by atoms with Crippen LogP contribution in [-0.4, -0.2) is 24.2 Å². The molecule has 1 saturated carbocycles. The van der Waals surface area contributed by atoms with Gasteiger partial charge in [-0.2, -0.15) is 0 Å². The van der Waals surface area contributed by atoms with Gasteiger partial charge in [0.05, 0.1) is 11.6 Å². The molecule has 112 valence electrons. The summed E-state index contributed by atoms with van der Waals surface area (Å²) in [5.41, 5.74) is 1.48. The predicted molar refractivity (Wildman–Crippen MR) is 84.3 cm³/mol. The Balaban J connectivity index is 1.98. The Morgan fingerprint density at radius 1 is 1.48 bits per heavy atom. The number of aliphatic hydroxyl groups is 1. The van der Waals surface area contributed by atoms with E-state index in [2.05, 4.69) is 24.1 Å². The van der Waals surface area contributed by atoms with E-state index >= 15 is 0 Å². The minimum absolute atomic E-state index is 0.0316. The molecule has 1 aromatic rings. The fraction of sp³-hybridized carbons (Fsp3) is 0.471. The number of carbonyl (C=O) groups is 1. The van der Waals surface area contributed by atoms with Gasteiger partial charge in [-0.15, -0.1) is 0 Å². The van der Waals surface area contributed by atoms with Crippen molar-refractivity contribution in [3.8, 4) is 11.8 Å². The second kappa shape index (κ2) is 6.98. The molecule has 0 spiro atoms. The molecule has 0 unspecified atom stereocenters. The monoisotopic (exact) mass is 305 g/mol. The summed E-state index contributed by atoms with van der Waals surface area (Å²) in [6.45, 7) is 2.94. The maximum absolute atomic E-state index is 12.1. The lowest BCUT2D eigenvalue weighted by Gasteiger charge is -2.38. The van der Waals surface area contributed by atoms with Gasteiger partial charge in [-0.3, -0.25) is 4.79 Å². The topological polar surface area (TPSA) is 49.3 Å². The molecule has 1 aliphatic rings. The molecule has 1 aromatic carbocycles. The summed E-state index contributed by atoms with van der Waals surface area (Å²) in [7, 11) is 0. The van der Waals surface area contributed by atoms with Gasteiger partial charge in [0.1, 0.15) is 0 Å². The number of nitrogens with one attached hydrogen (secondary N) is 1. The first-order chi connectivity index (χ1) is 10.0. The van der Waals surface area contributed by atoms with E-state index in [9.17, 15) is 4.79 Å². The molecule has 0 aliphatic heterocycles. The van der Waals surface area contributed by atoms with E-state index < -0.39 is 0 Å². The van der Waals surface area contributed by atoms with E-state index in [-0.39, 0.29) is 17.9 Å². The van der Waals surface area contributed by atoms with Crippen molar-refractivity contribution in [3.63, 3.8) is 0 Å². The SMILES string of the molecule is CC1(CNC(=O)c2ccc(C#CCCO)c(Cl)c2)CCC1. The Hall–Kier alpha value is -1.50. The highest BCUT2D eigenvalue weighted by Gasteiger charge is 2.31. The number of carbonyl (C=O) groups excluding carboxylic acids is 1. The number of hydrogen-bond donors (Lipinski definition) is 2. The summed E-state index contributed by atoms with van der Waals surface area (Å²) in [5, 5.41) is 12.1. The molecule has 21 heavy (non-hydrogen) atoms. The highest BCUT2D eigenvalue weighted by molar-refractivity contribution is 6.32. The zero-order chi connectivity index (χ0) is 15.3. The summed E-state index contributed by atoms with van der Waals surface area (Å²) in [6.07, 6.45) is 4.01. The molecule has 4 heteroatoms. The lowest BCUT2D eigenvalue weighted by Crippen LogP contribution is -2.39. The first-order valence-corrected chi connectivity index (χ1v) is 7.59. The van der Waals surface area contributed by atoms with Gasteiger partial charge in [0, 0.05) is 24.1 Å². The van der Waals surface area contributed by atoms with Gasteiger partial charge in [-0.1, -0.05) is 36.8 Å². The number of aliphatic hydroxyl groups excluding tert-OH is 1. The molecule has 0 saturated heterocycles. The van der Waals surface area contributed by atoms with Gasteiger partial charge in [-0.05, 0) is 36.5 Å². The Labute approximate surface area is 130 Å². The van der Waals surface area contributed by atoms with Gasteiger partial charge in [-0.25, -0.2) is 0 Å². The van der Waals surface area contributed by atoms with E-state index in [1.54, 1.807) is 18.2 Å². The molecule has 0 aromatic heterocycles. The predicted octanol–water partition coefficient (Wildman–Crippen LogP) is 2.99. The van der Waals surface area contributed by atoms with Crippen LogP contribution in [0.5, 0.6) is 0 Å². The molecule has 1 aliphatic carbocycles. The van der Waals surface area contributed by atoms with Crippen LogP contribution in [0.3, 0.4) is 0 Å². The van der Waals surface area contributed by atoms with E-state index in [0.717, 1.165) is 0 Å². The van der Waals surface area contributed by atoms with E-state index in [4.69, 9.17) is 16.7 Å². The summed E-state index contributed by atoms with van der Waals surface area (Å²) < 4.78 is 0. The fourth-order valence-electron chi connectivity index (χ4n) is 2.32. The third-order valence-corrected chi connectivity index (χ3v) is 4.24. The number of benzene rings is 1. The minimum Gasteiger partial charge on any atom is -0.395 e. The molecule has 0 radical (unpaired) electrons. The number of rotatable bonds is 4. The third kappa shape index (κ3) is 4.23. The van der Waals surface area contributed by atoms with Gasteiger partial charge in [0.2, 0.25) is 0 Å². The number of hydrogen-bond acceptors (Lipinski definition) is 2. The highest BCUT2D eigenvalue weighted by Crippen LogP contribution is 2.39. The second-order valence-electron chi connectivity index (χ2n) is 5.82. The lowest BCUT2D eigenvalue weighted by molar-refractivity contribution is 0.0891. The third-order valence-electron chi connectivity index (χ3n) is 3.93. The average Bonchev–Trinajstić information content (AvgIpc) is 2.44. The smallest absolute Gasteiger partial charge is 0.251 e. The van der Waals surface area contributed by atoms with Crippen molar-refractivity contribution in [2.45, 2.75) is 32.6 Å². The first-order valence-electron chi connectivity index (χ1n) is 7.22. The summed E-state index contributed by atoms with van der Waals surface area (Å²) in [4.78, 5) is 12.1. The van der Waals surface area contributed by atoms with Gasteiger partial charge in [0.25, 0.3) is 5.91 Å². The second-order valence-corrected chi connectivity index (χ2v) is 6.22. The van der Waals surface area contributed by atoms with Crippen molar-refractivity contribution in [3.05, 3.63) is 34.3 Å². The highest BCUT2D eigenvalue weighted by atomic mass is 35.5. The van der Waals surface area contributed by atoms with Crippen LogP contribution in [0.4, 0.5) is 0 Å². The van der Waals surface area contributed by atoms with Crippen LogP contribution in [0.25, 0.3) is 0 Å². The Bertz CT molecular complexity index is 582.